The van der Waals surface area contributed by atoms with Crippen molar-refractivity contribution >= 4 is 0 Å². The van der Waals surface area contributed by atoms with Crippen LogP contribution in [0.15, 0.2) is 60.7 Å². The fourth-order valence-corrected chi connectivity index (χ4v) is 2.14. The minimum atomic E-state index is -0.523. The lowest BCUT2D eigenvalue weighted by atomic mass is 10.1. The first-order valence-corrected chi connectivity index (χ1v) is 7.21. The monoisotopic (exact) mass is 270 g/mol. The van der Waals surface area contributed by atoms with E-state index in [1.54, 1.807) is 0 Å². The van der Waals surface area contributed by atoms with Crippen LogP contribution in [0, 0.1) is 0 Å². The number of aryl methyl sites for hydroxylation is 1. The van der Waals surface area contributed by atoms with Crippen molar-refractivity contribution in [1.82, 2.24) is 0 Å². The van der Waals surface area contributed by atoms with Crippen LogP contribution in [-0.4, -0.2) is 18.3 Å². The molecule has 0 amide bonds. The van der Waals surface area contributed by atoms with Gasteiger partial charge in [0.2, 0.25) is 0 Å². The van der Waals surface area contributed by atoms with Gasteiger partial charge in [0.15, 0.2) is 0 Å². The number of rotatable bonds is 8. The van der Waals surface area contributed by atoms with Crippen molar-refractivity contribution in [2.24, 2.45) is 0 Å². The van der Waals surface area contributed by atoms with Crippen molar-refractivity contribution in [2.75, 3.05) is 13.2 Å². The number of aliphatic hydroxyl groups is 1. The number of unbranched alkanes of at least 4 members (excludes halogenated alkanes) is 1. The van der Waals surface area contributed by atoms with Crippen molar-refractivity contribution in [2.45, 2.75) is 25.4 Å². The van der Waals surface area contributed by atoms with Gasteiger partial charge < -0.3 is 9.84 Å². The van der Waals surface area contributed by atoms with Gasteiger partial charge in [0, 0.05) is 6.61 Å². The Balaban J connectivity index is 1.56. The van der Waals surface area contributed by atoms with Crippen LogP contribution >= 0.6 is 0 Å². The summed E-state index contributed by atoms with van der Waals surface area (Å²) < 4.78 is 5.54. The first-order valence-electron chi connectivity index (χ1n) is 7.21. The van der Waals surface area contributed by atoms with E-state index in [-0.39, 0.29) is 0 Å². The number of aliphatic hydroxyl groups excluding tert-OH is 1. The van der Waals surface area contributed by atoms with Gasteiger partial charge in [0.05, 0.1) is 6.61 Å². The molecule has 2 aromatic carbocycles. The van der Waals surface area contributed by atoms with Crippen molar-refractivity contribution in [3.05, 3.63) is 71.8 Å². The molecule has 0 aliphatic heterocycles. The molecule has 0 spiro atoms. The molecule has 0 aliphatic carbocycles. The number of benzene rings is 2. The second-order valence-electron chi connectivity index (χ2n) is 4.94. The Hall–Kier alpha value is -1.64. The zero-order valence-electron chi connectivity index (χ0n) is 11.7. The van der Waals surface area contributed by atoms with Gasteiger partial charge in [-0.05, 0) is 30.4 Å². The highest BCUT2D eigenvalue weighted by atomic mass is 16.5. The van der Waals surface area contributed by atoms with Gasteiger partial charge in [-0.1, -0.05) is 60.7 Å². The lowest BCUT2D eigenvalue weighted by Gasteiger charge is -2.11. The van der Waals surface area contributed by atoms with E-state index in [0.717, 1.165) is 24.8 Å². The van der Waals surface area contributed by atoms with E-state index in [4.69, 9.17) is 4.74 Å². The van der Waals surface area contributed by atoms with Crippen LogP contribution in [0.1, 0.15) is 30.1 Å². The van der Waals surface area contributed by atoms with Crippen LogP contribution in [0.4, 0.5) is 0 Å². The quantitative estimate of drug-likeness (QED) is 0.740. The van der Waals surface area contributed by atoms with Gasteiger partial charge in [-0.15, -0.1) is 0 Å². The molecular weight excluding hydrogens is 248 g/mol. The molecule has 20 heavy (non-hydrogen) atoms. The maximum absolute atomic E-state index is 9.93. The molecule has 0 bridgehead atoms. The molecule has 0 fully saturated rings. The van der Waals surface area contributed by atoms with E-state index in [0.29, 0.717) is 13.2 Å². The Kier molecular flexibility index (Phi) is 6.28. The van der Waals surface area contributed by atoms with Gasteiger partial charge >= 0.3 is 0 Å². The van der Waals surface area contributed by atoms with E-state index >= 15 is 0 Å². The molecule has 0 heterocycles. The Morgan fingerprint density at radius 2 is 1.50 bits per heavy atom. The molecule has 106 valence electrons. The summed E-state index contributed by atoms with van der Waals surface area (Å²) in [5, 5.41) is 9.93. The first kappa shape index (κ1) is 14.8. The summed E-state index contributed by atoms with van der Waals surface area (Å²) in [4.78, 5) is 0. The zero-order chi connectivity index (χ0) is 14.0. The summed E-state index contributed by atoms with van der Waals surface area (Å²) >= 11 is 0. The third-order valence-electron chi connectivity index (χ3n) is 3.31. The van der Waals surface area contributed by atoms with Crippen molar-refractivity contribution in [1.29, 1.82) is 0 Å². The zero-order valence-corrected chi connectivity index (χ0v) is 11.7. The highest BCUT2D eigenvalue weighted by molar-refractivity contribution is 5.17. The van der Waals surface area contributed by atoms with Crippen LogP contribution in [0.5, 0.6) is 0 Å². The maximum atomic E-state index is 9.93. The Bertz CT molecular complexity index is 467. The van der Waals surface area contributed by atoms with Gasteiger partial charge in [-0.2, -0.15) is 0 Å². The SMILES string of the molecule is OC(COCCCCc1ccccc1)c1ccccc1. The predicted octanol–water partition coefficient (Wildman–Crippen LogP) is 3.76. The summed E-state index contributed by atoms with van der Waals surface area (Å²) in [5.74, 6) is 0. The van der Waals surface area contributed by atoms with Crippen molar-refractivity contribution < 1.29 is 9.84 Å². The topological polar surface area (TPSA) is 29.5 Å². The lowest BCUT2D eigenvalue weighted by molar-refractivity contribution is 0.0346. The number of ether oxygens (including phenoxy) is 1. The van der Waals surface area contributed by atoms with E-state index in [1.165, 1.54) is 5.56 Å². The van der Waals surface area contributed by atoms with E-state index in [1.807, 2.05) is 36.4 Å². The fourth-order valence-electron chi connectivity index (χ4n) is 2.14. The molecule has 0 saturated heterocycles. The molecule has 2 nitrogen and oxygen atoms in total. The van der Waals surface area contributed by atoms with Gasteiger partial charge in [0.25, 0.3) is 0 Å². The Labute approximate surface area is 121 Å². The average molecular weight is 270 g/mol. The predicted molar refractivity (Wildman–Crippen MR) is 81.6 cm³/mol. The molecule has 1 unspecified atom stereocenters. The summed E-state index contributed by atoms with van der Waals surface area (Å²) in [6, 6.07) is 20.1. The summed E-state index contributed by atoms with van der Waals surface area (Å²) in [6.45, 7) is 1.08. The Morgan fingerprint density at radius 1 is 0.850 bits per heavy atom. The van der Waals surface area contributed by atoms with E-state index in [9.17, 15) is 5.11 Å². The number of hydrogen-bond acceptors (Lipinski definition) is 2. The van der Waals surface area contributed by atoms with Crippen LogP contribution in [-0.2, 0) is 11.2 Å². The highest BCUT2D eigenvalue weighted by Gasteiger charge is 2.06. The fraction of sp³-hybridized carbons (Fsp3) is 0.333. The molecule has 0 aromatic heterocycles. The molecule has 1 atom stereocenters. The minimum Gasteiger partial charge on any atom is -0.386 e. The normalized spacial score (nSPS) is 12.2. The summed E-state index contributed by atoms with van der Waals surface area (Å²) in [6.07, 6.45) is 2.71. The van der Waals surface area contributed by atoms with Crippen LogP contribution in [0.25, 0.3) is 0 Å². The smallest absolute Gasteiger partial charge is 0.102 e. The molecule has 1 N–H and O–H groups in total. The van der Waals surface area contributed by atoms with E-state index < -0.39 is 6.10 Å². The lowest BCUT2D eigenvalue weighted by Crippen LogP contribution is -2.08. The van der Waals surface area contributed by atoms with Gasteiger partial charge in [-0.3, -0.25) is 0 Å². The molecular formula is C18H22O2. The van der Waals surface area contributed by atoms with Gasteiger partial charge in [-0.25, -0.2) is 0 Å². The van der Waals surface area contributed by atoms with Gasteiger partial charge in [0.1, 0.15) is 6.10 Å². The standard InChI is InChI=1S/C18H22O2/c19-18(17-12-5-2-6-13-17)15-20-14-8-7-11-16-9-3-1-4-10-16/h1-6,9-10,12-13,18-19H,7-8,11,14-15H2. The largest absolute Gasteiger partial charge is 0.386 e. The van der Waals surface area contributed by atoms with Crippen LogP contribution in [0.2, 0.25) is 0 Å². The number of hydrogen-bond donors (Lipinski definition) is 1. The van der Waals surface area contributed by atoms with E-state index in [2.05, 4.69) is 24.3 Å². The third kappa shape index (κ3) is 5.16. The molecule has 0 saturated carbocycles. The van der Waals surface area contributed by atoms with Crippen LogP contribution < -0.4 is 0 Å². The average Bonchev–Trinajstić information content (AvgIpc) is 2.52. The molecule has 2 rings (SSSR count). The second kappa shape index (κ2) is 8.51. The molecule has 2 heteroatoms. The summed E-state index contributed by atoms with van der Waals surface area (Å²) in [5.41, 5.74) is 2.29. The molecule has 0 aliphatic rings. The Morgan fingerprint density at radius 3 is 2.20 bits per heavy atom. The van der Waals surface area contributed by atoms with Crippen molar-refractivity contribution in [3.8, 4) is 0 Å². The third-order valence-corrected chi connectivity index (χ3v) is 3.31. The maximum Gasteiger partial charge on any atom is 0.102 e. The van der Waals surface area contributed by atoms with Crippen molar-refractivity contribution in [3.63, 3.8) is 0 Å². The molecule has 0 radical (unpaired) electrons. The van der Waals surface area contributed by atoms with Crippen LogP contribution in [0.3, 0.4) is 0 Å². The minimum absolute atomic E-state index is 0.370. The molecule has 2 aromatic rings. The summed E-state index contributed by atoms with van der Waals surface area (Å²) in [7, 11) is 0. The second-order valence-corrected chi connectivity index (χ2v) is 4.94. The first-order chi connectivity index (χ1) is 9.86. The highest BCUT2D eigenvalue weighted by Crippen LogP contribution is 2.12.